The molecule has 0 saturated carbocycles. The molecule has 600 valence electrons. The van der Waals surface area contributed by atoms with E-state index < -0.39 is 97.5 Å². The van der Waals surface area contributed by atoms with Crippen LogP contribution in [0, 0.1) is 17.8 Å². The first-order chi connectivity index (χ1) is 48.7. The van der Waals surface area contributed by atoms with Crippen LogP contribution in [-0.4, -0.2) is 96.7 Å². The van der Waals surface area contributed by atoms with Crippen molar-refractivity contribution in [1.29, 1.82) is 0 Å². The standard InChI is InChI=1S/C82H160O17P2/c1-8-9-10-11-12-13-14-15-16-22-25-31-36-41-49-56-63-79(84)92-69-77(98-81(86)65-58-51-42-37-32-26-23-20-18-17-19-21-24-29-34-39-46-53-60-73(2)3)71-96-100(88,89)94-67-76(83)68-95-101(90,91)97-72-78(70-93-80(85)64-57-50-45-44-48-55-62-75(6)7)99-82(87)66-59-52-43-38-33-28-27-30-35-40-47-54-61-74(4)5/h73-78,83H,8-72H2,1-7H3,(H,88,89)(H,90,91)/t76-,77-,78-/m1/s1. The molecule has 19 heteroatoms. The number of carbonyl (C=O) groups is 4. The van der Waals surface area contributed by atoms with Crippen molar-refractivity contribution in [3.8, 4) is 0 Å². The van der Waals surface area contributed by atoms with Crippen LogP contribution in [0.3, 0.4) is 0 Å². The molecule has 0 spiro atoms. The van der Waals surface area contributed by atoms with Crippen molar-refractivity contribution in [3.63, 3.8) is 0 Å². The highest BCUT2D eigenvalue weighted by Gasteiger charge is 2.30. The highest BCUT2D eigenvalue weighted by molar-refractivity contribution is 7.47. The van der Waals surface area contributed by atoms with Gasteiger partial charge < -0.3 is 33.8 Å². The van der Waals surface area contributed by atoms with E-state index in [-0.39, 0.29) is 25.7 Å². The molecule has 0 radical (unpaired) electrons. The van der Waals surface area contributed by atoms with E-state index >= 15 is 0 Å². The lowest BCUT2D eigenvalue weighted by atomic mass is 10.0. The fourth-order valence-electron chi connectivity index (χ4n) is 12.7. The van der Waals surface area contributed by atoms with E-state index in [2.05, 4.69) is 48.5 Å². The van der Waals surface area contributed by atoms with Gasteiger partial charge in [0.25, 0.3) is 0 Å². The van der Waals surface area contributed by atoms with Gasteiger partial charge in [0.1, 0.15) is 19.3 Å². The van der Waals surface area contributed by atoms with Gasteiger partial charge in [-0.25, -0.2) is 9.13 Å². The molecule has 0 fully saturated rings. The van der Waals surface area contributed by atoms with Gasteiger partial charge in [-0.3, -0.25) is 37.3 Å². The maximum Gasteiger partial charge on any atom is 0.472 e. The summed E-state index contributed by atoms with van der Waals surface area (Å²) >= 11 is 0. The lowest BCUT2D eigenvalue weighted by molar-refractivity contribution is -0.161. The third-order valence-corrected chi connectivity index (χ3v) is 21.0. The van der Waals surface area contributed by atoms with E-state index in [4.69, 9.17) is 37.0 Å². The van der Waals surface area contributed by atoms with E-state index in [1.54, 1.807) is 0 Å². The van der Waals surface area contributed by atoms with E-state index in [1.165, 1.54) is 231 Å². The third-order valence-electron chi connectivity index (χ3n) is 19.1. The Morgan fingerprint density at radius 2 is 0.455 bits per heavy atom. The van der Waals surface area contributed by atoms with E-state index in [0.29, 0.717) is 31.6 Å². The Kier molecular flexibility index (Phi) is 70.9. The van der Waals surface area contributed by atoms with Crippen LogP contribution < -0.4 is 0 Å². The summed E-state index contributed by atoms with van der Waals surface area (Å²) in [6.45, 7) is 11.9. The molecule has 17 nitrogen and oxygen atoms in total. The molecular formula is C82H160O17P2. The highest BCUT2D eigenvalue weighted by atomic mass is 31.2. The Morgan fingerprint density at radius 3 is 0.673 bits per heavy atom. The van der Waals surface area contributed by atoms with Crippen LogP contribution in [0.2, 0.25) is 0 Å². The Balaban J connectivity index is 5.21. The largest absolute Gasteiger partial charge is 0.472 e. The van der Waals surface area contributed by atoms with Crippen molar-refractivity contribution in [2.75, 3.05) is 39.6 Å². The molecule has 0 amide bonds. The Labute approximate surface area is 619 Å². The van der Waals surface area contributed by atoms with E-state index in [9.17, 15) is 43.2 Å². The van der Waals surface area contributed by atoms with Crippen molar-refractivity contribution >= 4 is 39.5 Å². The SMILES string of the molecule is CCCCCCCCCCCCCCCCCCC(=O)OC[C@H](COP(=O)(O)OC[C@@H](O)COP(=O)(O)OC[C@@H](COC(=O)CCCCCCCCC(C)C)OC(=O)CCCCCCCCCCCCCCC(C)C)OC(=O)CCCCCCCCCCCCCCCCCCCCC(C)C. The van der Waals surface area contributed by atoms with Crippen LogP contribution in [0.4, 0.5) is 0 Å². The number of phosphoric ester groups is 2. The number of rotatable bonds is 80. The van der Waals surface area contributed by atoms with Crippen molar-refractivity contribution in [2.24, 2.45) is 17.8 Å². The molecule has 2 unspecified atom stereocenters. The molecule has 5 atom stereocenters. The number of unbranched alkanes of at least 4 members (excludes halogenated alkanes) is 48. The Bertz CT molecular complexity index is 1960. The van der Waals surface area contributed by atoms with Crippen LogP contribution in [-0.2, 0) is 65.4 Å². The molecule has 0 aliphatic rings. The zero-order valence-corrected chi connectivity index (χ0v) is 68.2. The van der Waals surface area contributed by atoms with E-state index in [1.807, 2.05) is 0 Å². The molecule has 3 N–H and O–H groups in total. The lowest BCUT2D eigenvalue weighted by Gasteiger charge is -2.21. The lowest BCUT2D eigenvalue weighted by Crippen LogP contribution is -2.30. The van der Waals surface area contributed by atoms with Gasteiger partial charge >= 0.3 is 39.5 Å². The molecule has 0 aliphatic carbocycles. The van der Waals surface area contributed by atoms with Gasteiger partial charge in [0.2, 0.25) is 0 Å². The number of aliphatic hydroxyl groups is 1. The van der Waals surface area contributed by atoms with Crippen LogP contribution in [0.15, 0.2) is 0 Å². The number of phosphoric acid groups is 2. The first kappa shape index (κ1) is 99.1. The average Bonchev–Trinajstić information content (AvgIpc) is 0.931. The van der Waals surface area contributed by atoms with Gasteiger partial charge in [0.15, 0.2) is 12.2 Å². The molecular weight excluding hydrogens is 1320 g/mol. The Hall–Kier alpha value is -1.94. The van der Waals surface area contributed by atoms with Crippen molar-refractivity contribution < 1.29 is 80.2 Å². The van der Waals surface area contributed by atoms with Gasteiger partial charge in [0, 0.05) is 25.7 Å². The quantitative estimate of drug-likeness (QED) is 0.0222. The normalized spacial score (nSPS) is 14.0. The molecule has 0 saturated heterocycles. The number of esters is 4. The second-order valence-electron chi connectivity index (χ2n) is 30.9. The maximum absolute atomic E-state index is 13.1. The predicted molar refractivity (Wildman–Crippen MR) is 414 cm³/mol. The number of hydrogen-bond donors (Lipinski definition) is 3. The summed E-state index contributed by atoms with van der Waals surface area (Å²) in [5.41, 5.74) is 0. The topological polar surface area (TPSA) is 237 Å². The van der Waals surface area contributed by atoms with Crippen molar-refractivity contribution in [3.05, 3.63) is 0 Å². The van der Waals surface area contributed by atoms with Gasteiger partial charge in [0.05, 0.1) is 26.4 Å². The smallest absolute Gasteiger partial charge is 0.462 e. The first-order valence-corrected chi connectivity index (χ1v) is 45.3. The van der Waals surface area contributed by atoms with Crippen LogP contribution >= 0.6 is 15.6 Å². The minimum Gasteiger partial charge on any atom is -0.462 e. The fourth-order valence-corrected chi connectivity index (χ4v) is 14.2. The molecule has 0 heterocycles. The summed E-state index contributed by atoms with van der Waals surface area (Å²) in [6, 6.07) is 0. The Morgan fingerprint density at radius 1 is 0.267 bits per heavy atom. The van der Waals surface area contributed by atoms with Gasteiger partial charge in [-0.2, -0.15) is 0 Å². The number of hydrogen-bond acceptors (Lipinski definition) is 15. The first-order valence-electron chi connectivity index (χ1n) is 42.3. The summed E-state index contributed by atoms with van der Waals surface area (Å²) in [7, 11) is -9.92. The summed E-state index contributed by atoms with van der Waals surface area (Å²) in [4.78, 5) is 73.0. The summed E-state index contributed by atoms with van der Waals surface area (Å²) < 4.78 is 68.7. The second kappa shape index (κ2) is 72.3. The summed E-state index contributed by atoms with van der Waals surface area (Å²) in [5.74, 6) is 0.165. The number of aliphatic hydroxyl groups excluding tert-OH is 1. The van der Waals surface area contributed by atoms with E-state index in [0.717, 1.165) is 108 Å². The van der Waals surface area contributed by atoms with Gasteiger partial charge in [-0.05, 0) is 43.4 Å². The third kappa shape index (κ3) is 76.1. The maximum atomic E-state index is 13.1. The summed E-state index contributed by atoms with van der Waals surface area (Å²) in [6.07, 6.45) is 61.3. The fraction of sp³-hybridized carbons (Fsp3) is 0.951. The molecule has 0 rings (SSSR count). The minimum absolute atomic E-state index is 0.106. The minimum atomic E-state index is -4.96. The molecule has 0 aliphatic heterocycles. The molecule has 0 aromatic carbocycles. The number of carbonyl (C=O) groups excluding carboxylic acids is 4. The monoisotopic (exact) mass is 1480 g/mol. The zero-order chi connectivity index (χ0) is 74.4. The molecule has 101 heavy (non-hydrogen) atoms. The van der Waals surface area contributed by atoms with Crippen molar-refractivity contribution in [2.45, 2.75) is 446 Å². The molecule has 0 aromatic rings. The van der Waals surface area contributed by atoms with Crippen LogP contribution in [0.25, 0.3) is 0 Å². The average molecular weight is 1480 g/mol. The van der Waals surface area contributed by atoms with Gasteiger partial charge in [-0.1, -0.05) is 376 Å². The predicted octanol–water partition coefficient (Wildman–Crippen LogP) is 24.5. The van der Waals surface area contributed by atoms with Gasteiger partial charge in [-0.15, -0.1) is 0 Å². The molecule has 0 aromatic heterocycles. The second-order valence-corrected chi connectivity index (χ2v) is 33.8. The highest BCUT2D eigenvalue weighted by Crippen LogP contribution is 2.45. The molecule has 0 bridgehead atoms. The summed E-state index contributed by atoms with van der Waals surface area (Å²) in [5, 5.41) is 10.6. The van der Waals surface area contributed by atoms with Crippen molar-refractivity contribution in [1.82, 2.24) is 0 Å². The van der Waals surface area contributed by atoms with Crippen LogP contribution in [0.1, 0.15) is 427 Å². The van der Waals surface area contributed by atoms with Crippen LogP contribution in [0.5, 0.6) is 0 Å². The number of ether oxygens (including phenoxy) is 4. The zero-order valence-electron chi connectivity index (χ0n) is 66.4.